The average molecular weight is 324 g/mol. The van der Waals surface area contributed by atoms with Gasteiger partial charge in [0.2, 0.25) is 5.65 Å². The normalized spacial score (nSPS) is 12.8. The Morgan fingerprint density at radius 1 is 1.21 bits per heavy atom. The van der Waals surface area contributed by atoms with Crippen LogP contribution in [0, 0.1) is 20.8 Å². The Hall–Kier alpha value is -2.47. The van der Waals surface area contributed by atoms with E-state index < -0.39 is 0 Å². The number of nitrogens with zero attached hydrogens (tertiary/aromatic N) is 5. The van der Waals surface area contributed by atoms with Gasteiger partial charge in [-0.1, -0.05) is 29.8 Å². The van der Waals surface area contributed by atoms with E-state index in [1.807, 2.05) is 6.92 Å². The molecular weight excluding hydrogens is 300 g/mol. The van der Waals surface area contributed by atoms with Gasteiger partial charge in [-0.3, -0.25) is 0 Å². The molecule has 0 aliphatic rings. The molecule has 2 aromatic heterocycles. The molecule has 1 atom stereocenters. The van der Waals surface area contributed by atoms with Gasteiger partial charge >= 0.3 is 0 Å². The number of nitrogens with one attached hydrogen (secondary N) is 1. The van der Waals surface area contributed by atoms with E-state index in [1.165, 1.54) is 11.1 Å². The lowest BCUT2D eigenvalue weighted by atomic mass is 10.0. The summed E-state index contributed by atoms with van der Waals surface area (Å²) in [5.41, 5.74) is 6.42. The monoisotopic (exact) mass is 324 g/mol. The lowest BCUT2D eigenvalue weighted by molar-refractivity contribution is 0.311. The van der Waals surface area contributed by atoms with Crippen molar-refractivity contribution >= 4 is 11.3 Å². The average Bonchev–Trinajstić information content (AvgIpc) is 2.98. The van der Waals surface area contributed by atoms with Crippen LogP contribution in [0.15, 0.2) is 30.6 Å². The van der Waals surface area contributed by atoms with Crippen LogP contribution < -0.4 is 5.32 Å². The standard InChI is InChI=1S/C18H24N6/c1-12-7-6-8-15(9-12)16(23(4)5)10-19-17-13(2)14(3)22-24-11-20-21-18(17)24/h6-9,11,16,19H,10H2,1-5H3. The second-order valence-corrected chi connectivity index (χ2v) is 6.46. The zero-order chi connectivity index (χ0) is 17.3. The molecule has 0 aliphatic heterocycles. The molecular formula is C18H24N6. The summed E-state index contributed by atoms with van der Waals surface area (Å²) >= 11 is 0. The van der Waals surface area contributed by atoms with E-state index in [9.17, 15) is 0 Å². The zero-order valence-corrected chi connectivity index (χ0v) is 14.9. The molecule has 3 rings (SSSR count). The Labute approximate surface area is 142 Å². The topological polar surface area (TPSA) is 58.4 Å². The summed E-state index contributed by atoms with van der Waals surface area (Å²) < 4.78 is 1.72. The van der Waals surface area contributed by atoms with Gasteiger partial charge in [-0.05, 0) is 46.0 Å². The number of aromatic nitrogens is 4. The van der Waals surface area contributed by atoms with Gasteiger partial charge in [-0.25, -0.2) is 0 Å². The molecule has 0 amide bonds. The number of aryl methyl sites for hydroxylation is 2. The van der Waals surface area contributed by atoms with Gasteiger partial charge in [0, 0.05) is 6.54 Å². The van der Waals surface area contributed by atoms with E-state index >= 15 is 0 Å². The van der Waals surface area contributed by atoms with Crippen LogP contribution in [0.5, 0.6) is 0 Å². The molecule has 0 aliphatic carbocycles. The van der Waals surface area contributed by atoms with Crippen molar-refractivity contribution in [3.8, 4) is 0 Å². The Morgan fingerprint density at radius 3 is 2.71 bits per heavy atom. The number of hydrogen-bond donors (Lipinski definition) is 1. The highest BCUT2D eigenvalue weighted by Gasteiger charge is 2.17. The summed E-state index contributed by atoms with van der Waals surface area (Å²) in [4.78, 5) is 2.23. The highest BCUT2D eigenvalue weighted by molar-refractivity contribution is 5.71. The van der Waals surface area contributed by atoms with E-state index in [2.05, 4.69) is 77.7 Å². The summed E-state index contributed by atoms with van der Waals surface area (Å²) in [6, 6.07) is 8.92. The molecule has 6 nitrogen and oxygen atoms in total. The molecule has 1 aromatic carbocycles. The van der Waals surface area contributed by atoms with Gasteiger partial charge in [-0.2, -0.15) is 9.61 Å². The van der Waals surface area contributed by atoms with Gasteiger partial charge < -0.3 is 10.2 Å². The summed E-state index contributed by atoms with van der Waals surface area (Å²) in [6.45, 7) is 6.98. The smallest absolute Gasteiger partial charge is 0.200 e. The van der Waals surface area contributed by atoms with Crippen LogP contribution >= 0.6 is 0 Å². The van der Waals surface area contributed by atoms with Crippen molar-refractivity contribution in [2.75, 3.05) is 26.0 Å². The molecule has 6 heteroatoms. The molecule has 2 heterocycles. The van der Waals surface area contributed by atoms with Gasteiger partial charge in [0.05, 0.1) is 17.4 Å². The lowest BCUT2D eigenvalue weighted by Crippen LogP contribution is -2.27. The predicted molar refractivity (Wildman–Crippen MR) is 96.4 cm³/mol. The molecule has 24 heavy (non-hydrogen) atoms. The second-order valence-electron chi connectivity index (χ2n) is 6.46. The maximum Gasteiger partial charge on any atom is 0.200 e. The largest absolute Gasteiger partial charge is 0.380 e. The number of likely N-dealkylation sites (N-methyl/N-ethyl adjacent to an activating group) is 1. The maximum atomic E-state index is 4.47. The Kier molecular flexibility index (Phi) is 4.49. The summed E-state index contributed by atoms with van der Waals surface area (Å²) in [6.07, 6.45) is 1.64. The Bertz CT molecular complexity index is 852. The van der Waals surface area contributed by atoms with E-state index in [0.29, 0.717) is 0 Å². The SMILES string of the molecule is Cc1cccc(C(CNc2c(C)c(C)nn3cnnc23)N(C)C)c1. The summed E-state index contributed by atoms with van der Waals surface area (Å²) in [5, 5.41) is 16.2. The first-order chi connectivity index (χ1) is 11.5. The van der Waals surface area contributed by atoms with Crippen molar-refractivity contribution in [1.82, 2.24) is 24.7 Å². The van der Waals surface area contributed by atoms with Crippen LogP contribution in [0.4, 0.5) is 5.69 Å². The minimum Gasteiger partial charge on any atom is -0.380 e. The van der Waals surface area contributed by atoms with Crippen molar-refractivity contribution in [2.24, 2.45) is 0 Å². The molecule has 1 unspecified atom stereocenters. The van der Waals surface area contributed by atoms with Crippen molar-refractivity contribution in [3.63, 3.8) is 0 Å². The predicted octanol–water partition coefficient (Wildman–Crippen LogP) is 2.76. The fourth-order valence-electron chi connectivity index (χ4n) is 2.94. The molecule has 0 saturated carbocycles. The third-order valence-electron chi connectivity index (χ3n) is 4.45. The number of hydrogen-bond acceptors (Lipinski definition) is 5. The van der Waals surface area contributed by atoms with E-state index in [4.69, 9.17) is 0 Å². The van der Waals surface area contributed by atoms with Crippen molar-refractivity contribution in [1.29, 1.82) is 0 Å². The first-order valence-electron chi connectivity index (χ1n) is 8.11. The van der Waals surface area contributed by atoms with Crippen LogP contribution in [-0.4, -0.2) is 45.4 Å². The molecule has 0 saturated heterocycles. The van der Waals surface area contributed by atoms with Crippen molar-refractivity contribution in [2.45, 2.75) is 26.8 Å². The van der Waals surface area contributed by atoms with Crippen LogP contribution in [0.25, 0.3) is 5.65 Å². The van der Waals surface area contributed by atoms with Crippen molar-refractivity contribution in [3.05, 3.63) is 53.0 Å². The van der Waals surface area contributed by atoms with Crippen LogP contribution in [0.1, 0.15) is 28.4 Å². The van der Waals surface area contributed by atoms with Gasteiger partial charge in [-0.15, -0.1) is 10.2 Å². The lowest BCUT2D eigenvalue weighted by Gasteiger charge is -2.26. The third kappa shape index (κ3) is 3.10. The Morgan fingerprint density at radius 2 is 2.00 bits per heavy atom. The zero-order valence-electron chi connectivity index (χ0n) is 14.9. The molecule has 0 fully saturated rings. The number of benzene rings is 1. The second kappa shape index (κ2) is 6.57. The van der Waals surface area contributed by atoms with Gasteiger partial charge in [0.15, 0.2) is 0 Å². The van der Waals surface area contributed by atoms with E-state index in [1.54, 1.807) is 10.8 Å². The van der Waals surface area contributed by atoms with E-state index in [0.717, 1.165) is 29.1 Å². The van der Waals surface area contributed by atoms with Gasteiger partial charge in [0.1, 0.15) is 6.33 Å². The van der Waals surface area contributed by atoms with Gasteiger partial charge in [0.25, 0.3) is 0 Å². The van der Waals surface area contributed by atoms with Crippen molar-refractivity contribution < 1.29 is 0 Å². The number of fused-ring (bicyclic) bond motifs is 1. The number of rotatable bonds is 5. The highest BCUT2D eigenvalue weighted by Crippen LogP contribution is 2.25. The third-order valence-corrected chi connectivity index (χ3v) is 4.45. The molecule has 0 bridgehead atoms. The van der Waals surface area contributed by atoms with Crippen LogP contribution in [0.2, 0.25) is 0 Å². The Balaban J connectivity index is 1.91. The highest BCUT2D eigenvalue weighted by atomic mass is 15.3. The molecule has 126 valence electrons. The first-order valence-corrected chi connectivity index (χ1v) is 8.11. The molecule has 1 N–H and O–H groups in total. The van der Waals surface area contributed by atoms with Crippen LogP contribution in [0.3, 0.4) is 0 Å². The summed E-state index contributed by atoms with van der Waals surface area (Å²) in [5.74, 6) is 0. The minimum absolute atomic E-state index is 0.265. The molecule has 0 spiro atoms. The maximum absolute atomic E-state index is 4.47. The minimum atomic E-state index is 0.265. The van der Waals surface area contributed by atoms with E-state index in [-0.39, 0.29) is 6.04 Å². The quantitative estimate of drug-likeness (QED) is 0.782. The molecule has 3 aromatic rings. The van der Waals surface area contributed by atoms with Crippen LogP contribution in [-0.2, 0) is 0 Å². The first kappa shape index (κ1) is 16.4. The molecule has 0 radical (unpaired) electrons. The fraction of sp³-hybridized carbons (Fsp3) is 0.389. The summed E-state index contributed by atoms with van der Waals surface area (Å²) in [7, 11) is 4.21. The fourth-order valence-corrected chi connectivity index (χ4v) is 2.94. The number of anilines is 1.